The number of carbonyl (C=O) groups is 2. The number of halogens is 3. The fourth-order valence-corrected chi connectivity index (χ4v) is 6.87. The average Bonchev–Trinajstić information content (AvgIpc) is 3.81. The maximum Gasteiger partial charge on any atom is 0.573 e. The number of amidine groups is 1. The molecule has 6 rings (SSSR count). The van der Waals surface area contributed by atoms with E-state index in [1.54, 1.807) is 13.2 Å². The van der Waals surface area contributed by atoms with Crippen LogP contribution < -0.4 is 19.7 Å². The molecule has 48 heavy (non-hydrogen) atoms. The Labute approximate surface area is 279 Å². The van der Waals surface area contributed by atoms with Gasteiger partial charge in [0.05, 0.1) is 24.2 Å². The van der Waals surface area contributed by atoms with E-state index in [0.717, 1.165) is 36.0 Å². The molecule has 1 aliphatic carbocycles. The van der Waals surface area contributed by atoms with Gasteiger partial charge in [-0.05, 0) is 72.4 Å². The van der Waals surface area contributed by atoms with E-state index in [9.17, 15) is 22.8 Å². The van der Waals surface area contributed by atoms with Gasteiger partial charge in [-0.25, -0.2) is 14.5 Å². The van der Waals surface area contributed by atoms with E-state index in [0.29, 0.717) is 28.1 Å². The molecule has 1 aliphatic heterocycles. The van der Waals surface area contributed by atoms with Crippen LogP contribution in [0.15, 0.2) is 78.0 Å². The fourth-order valence-electron chi connectivity index (χ4n) is 6.02. The van der Waals surface area contributed by atoms with Crippen molar-refractivity contribution in [1.82, 2.24) is 20.1 Å². The van der Waals surface area contributed by atoms with Gasteiger partial charge in [-0.1, -0.05) is 56.3 Å². The number of amides is 3. The molecule has 0 radical (unpaired) electrons. The molecule has 1 saturated carbocycles. The second-order valence-electron chi connectivity index (χ2n) is 11.8. The van der Waals surface area contributed by atoms with Crippen LogP contribution in [0.25, 0.3) is 17.1 Å². The van der Waals surface area contributed by atoms with Crippen molar-refractivity contribution < 1.29 is 32.2 Å². The molecule has 14 heteroatoms. The Bertz CT molecular complexity index is 1830. The SMILES string of the molecule is COc1ccc(N2C(=O)CS/C2=N\C(=O)NC2CCCC2c2ccc(-c3ncn(-c4ccc(OC(F)(F)F)cc4)n3)cc2)c(C(C)C)c1. The predicted molar refractivity (Wildman–Crippen MR) is 177 cm³/mol. The summed E-state index contributed by atoms with van der Waals surface area (Å²) in [4.78, 5) is 36.4. The van der Waals surface area contributed by atoms with Crippen LogP contribution in [0.5, 0.6) is 11.5 Å². The summed E-state index contributed by atoms with van der Waals surface area (Å²) in [6.45, 7) is 4.07. The highest BCUT2D eigenvalue weighted by molar-refractivity contribution is 8.15. The number of benzene rings is 3. The van der Waals surface area contributed by atoms with Crippen LogP contribution in [0.4, 0.5) is 23.7 Å². The number of aromatic nitrogens is 3. The number of thioether (sulfide) groups is 1. The Kier molecular flexibility index (Phi) is 9.45. The maximum atomic E-state index is 13.2. The summed E-state index contributed by atoms with van der Waals surface area (Å²) in [5.74, 6) is 1.08. The maximum absolute atomic E-state index is 13.2. The normalized spacial score (nSPS) is 18.9. The number of aliphatic imine (C=N–C) groups is 1. The zero-order valence-corrected chi connectivity index (χ0v) is 27.2. The van der Waals surface area contributed by atoms with Crippen LogP contribution in [0, 0.1) is 0 Å². The number of alkyl halides is 3. The summed E-state index contributed by atoms with van der Waals surface area (Å²) in [6.07, 6.45) is -0.641. The van der Waals surface area contributed by atoms with Crippen molar-refractivity contribution in [3.63, 3.8) is 0 Å². The third kappa shape index (κ3) is 7.33. The Balaban J connectivity index is 1.13. The van der Waals surface area contributed by atoms with Gasteiger partial charge in [0.2, 0.25) is 5.91 Å². The summed E-state index contributed by atoms with van der Waals surface area (Å²) in [5, 5.41) is 7.91. The highest BCUT2D eigenvalue weighted by Crippen LogP contribution is 2.37. The molecule has 1 aromatic heterocycles. The highest BCUT2D eigenvalue weighted by atomic mass is 32.2. The molecular weight excluding hydrogens is 645 g/mol. The molecule has 1 saturated heterocycles. The second kappa shape index (κ2) is 13.7. The lowest BCUT2D eigenvalue weighted by atomic mass is 9.93. The minimum Gasteiger partial charge on any atom is -0.497 e. The van der Waals surface area contributed by atoms with E-state index in [1.807, 2.05) is 50.2 Å². The highest BCUT2D eigenvalue weighted by Gasteiger charge is 2.34. The molecule has 10 nitrogen and oxygen atoms in total. The Morgan fingerprint density at radius 2 is 1.77 bits per heavy atom. The number of hydrogen-bond acceptors (Lipinski definition) is 7. The number of carbonyl (C=O) groups excluding carboxylic acids is 2. The molecule has 2 heterocycles. The lowest BCUT2D eigenvalue weighted by Crippen LogP contribution is -2.37. The van der Waals surface area contributed by atoms with Crippen LogP contribution in [0.3, 0.4) is 0 Å². The topological polar surface area (TPSA) is 111 Å². The number of anilines is 1. The first-order chi connectivity index (χ1) is 23.0. The second-order valence-corrected chi connectivity index (χ2v) is 12.7. The molecule has 2 unspecified atom stereocenters. The van der Waals surface area contributed by atoms with Gasteiger partial charge in [-0.2, -0.15) is 4.99 Å². The molecule has 3 aromatic carbocycles. The summed E-state index contributed by atoms with van der Waals surface area (Å²) in [5.41, 5.74) is 3.97. The predicted octanol–water partition coefficient (Wildman–Crippen LogP) is 7.45. The molecule has 0 bridgehead atoms. The number of hydrogen-bond donors (Lipinski definition) is 1. The Hall–Kier alpha value is -4.85. The molecule has 2 aliphatic rings. The Morgan fingerprint density at radius 1 is 1.04 bits per heavy atom. The van der Waals surface area contributed by atoms with E-state index in [-0.39, 0.29) is 35.3 Å². The Morgan fingerprint density at radius 3 is 2.46 bits per heavy atom. The third-order valence-corrected chi connectivity index (χ3v) is 9.23. The summed E-state index contributed by atoms with van der Waals surface area (Å²) < 4.78 is 48.2. The van der Waals surface area contributed by atoms with Gasteiger partial charge in [0.1, 0.15) is 17.8 Å². The first kappa shape index (κ1) is 33.1. The van der Waals surface area contributed by atoms with Crippen molar-refractivity contribution >= 4 is 34.6 Å². The van der Waals surface area contributed by atoms with Gasteiger partial charge in [-0.3, -0.25) is 9.69 Å². The molecule has 250 valence electrons. The lowest BCUT2D eigenvalue weighted by Gasteiger charge is -2.23. The number of rotatable bonds is 8. The zero-order valence-electron chi connectivity index (χ0n) is 26.4. The van der Waals surface area contributed by atoms with Gasteiger partial charge in [0, 0.05) is 17.5 Å². The van der Waals surface area contributed by atoms with Gasteiger partial charge in [-0.15, -0.1) is 18.3 Å². The quantitative estimate of drug-likeness (QED) is 0.206. The van der Waals surface area contributed by atoms with Crippen LogP contribution in [-0.2, 0) is 4.79 Å². The van der Waals surface area contributed by atoms with Gasteiger partial charge >= 0.3 is 12.4 Å². The first-order valence-electron chi connectivity index (χ1n) is 15.4. The summed E-state index contributed by atoms with van der Waals surface area (Å²) in [6, 6.07) is 18.1. The molecular formula is C34H33F3N6O4S. The van der Waals surface area contributed by atoms with Gasteiger partial charge in [0.25, 0.3) is 0 Å². The van der Waals surface area contributed by atoms with Crippen molar-refractivity contribution in [2.75, 3.05) is 17.8 Å². The zero-order chi connectivity index (χ0) is 34.0. The van der Waals surface area contributed by atoms with Crippen molar-refractivity contribution in [3.8, 4) is 28.6 Å². The molecule has 2 atom stereocenters. The van der Waals surface area contributed by atoms with E-state index >= 15 is 0 Å². The van der Waals surface area contributed by atoms with Crippen LogP contribution in [0.1, 0.15) is 56.1 Å². The molecule has 1 N–H and O–H groups in total. The molecule has 4 aromatic rings. The van der Waals surface area contributed by atoms with Crippen LogP contribution in [-0.4, -0.2) is 57.1 Å². The summed E-state index contributed by atoms with van der Waals surface area (Å²) >= 11 is 1.24. The monoisotopic (exact) mass is 678 g/mol. The third-order valence-electron chi connectivity index (χ3n) is 8.31. The number of nitrogens with zero attached hydrogens (tertiary/aromatic N) is 5. The number of urea groups is 1. The van der Waals surface area contributed by atoms with E-state index in [1.165, 1.54) is 51.9 Å². The van der Waals surface area contributed by atoms with Crippen molar-refractivity contribution in [2.24, 2.45) is 4.99 Å². The number of methoxy groups -OCH3 is 1. The minimum absolute atomic E-state index is 0.0780. The fraction of sp³-hybridized carbons (Fsp3) is 0.324. The van der Waals surface area contributed by atoms with Gasteiger partial charge < -0.3 is 14.8 Å². The van der Waals surface area contributed by atoms with Crippen molar-refractivity contribution in [1.29, 1.82) is 0 Å². The van der Waals surface area contributed by atoms with Gasteiger partial charge in [0.15, 0.2) is 11.0 Å². The minimum atomic E-state index is -4.76. The van der Waals surface area contributed by atoms with E-state index in [2.05, 4.69) is 25.1 Å². The van der Waals surface area contributed by atoms with E-state index < -0.39 is 12.4 Å². The molecule has 3 amide bonds. The number of ether oxygens (including phenoxy) is 2. The average molecular weight is 679 g/mol. The summed E-state index contributed by atoms with van der Waals surface area (Å²) in [7, 11) is 1.60. The number of nitrogens with one attached hydrogen (secondary N) is 1. The van der Waals surface area contributed by atoms with Crippen LogP contribution in [0.2, 0.25) is 0 Å². The largest absolute Gasteiger partial charge is 0.573 e. The molecule has 2 fully saturated rings. The van der Waals surface area contributed by atoms with E-state index in [4.69, 9.17) is 4.74 Å². The van der Waals surface area contributed by atoms with Crippen LogP contribution >= 0.6 is 11.8 Å². The van der Waals surface area contributed by atoms with Crippen molar-refractivity contribution in [2.45, 2.75) is 57.3 Å². The lowest BCUT2D eigenvalue weighted by molar-refractivity contribution is -0.274. The molecule has 0 spiro atoms. The van der Waals surface area contributed by atoms with Crippen molar-refractivity contribution in [3.05, 3.63) is 84.2 Å². The smallest absolute Gasteiger partial charge is 0.497 e. The first-order valence-corrected chi connectivity index (χ1v) is 16.4. The standard InChI is InChI=1S/C34H33F3N6O4S/c1-20(2)27-17-25(46-3)15-16-29(27)43-30(44)18-48-33(43)40-32(45)39-28-6-4-5-26(28)21-7-9-22(10-8-21)31-38-19-42(41-31)23-11-13-24(14-12-23)47-34(35,36)37/h7-17,19-20,26,28H,4-6,18H2,1-3H3,(H,39,45)/b40-33-.